The number of carbonyl (C=O) groups excluding carboxylic acids is 2. The maximum atomic E-state index is 13.9. The molecule has 0 aliphatic heterocycles. The number of hydrogen-bond donors (Lipinski definition) is 4. The topological polar surface area (TPSA) is 204 Å². The minimum Gasteiger partial charge on any atom is -0.508 e. The lowest BCUT2D eigenvalue weighted by atomic mass is 10.1. The summed E-state index contributed by atoms with van der Waals surface area (Å²) in [4.78, 5) is 26.9. The van der Waals surface area contributed by atoms with E-state index >= 15 is 0 Å². The van der Waals surface area contributed by atoms with E-state index in [1.807, 2.05) is 0 Å². The number of hydrogen-bond acceptors (Lipinski definition) is 9. The Hall–Kier alpha value is -5.66. The van der Waals surface area contributed by atoms with E-state index in [2.05, 4.69) is 0 Å². The highest BCUT2D eigenvalue weighted by molar-refractivity contribution is 7.91. The number of nitrogens with zero attached hydrogens (tertiary/aromatic N) is 1. The third kappa shape index (κ3) is 6.20. The second kappa shape index (κ2) is 11.8. The van der Waals surface area contributed by atoms with Crippen molar-refractivity contribution < 1.29 is 31.5 Å². The molecule has 5 aromatic rings. The maximum Gasteiger partial charge on any atom is 0.262 e. The van der Waals surface area contributed by atoms with E-state index < -0.39 is 31.5 Å². The van der Waals surface area contributed by atoms with Crippen LogP contribution >= 0.6 is 0 Å². The van der Waals surface area contributed by atoms with Gasteiger partial charge in [0, 0.05) is 33.9 Å². The Balaban J connectivity index is 1.58. The lowest BCUT2D eigenvalue weighted by Gasteiger charge is -2.24. The third-order valence-corrected chi connectivity index (χ3v) is 10.4. The lowest BCUT2D eigenvalue weighted by Crippen LogP contribution is -2.26. The number of benzene rings is 5. The summed E-state index contributed by atoms with van der Waals surface area (Å²) in [5.41, 5.74) is 17.7. The number of phenolic OH excluding ortho intramolecular Hbond substituents is 1. The third-order valence-electron chi connectivity index (χ3n) is 6.84. The summed E-state index contributed by atoms with van der Waals surface area (Å²) in [5, 5.41) is 10.2. The minimum atomic E-state index is -3.93. The molecule has 0 unspecified atom stereocenters. The number of anilines is 4. The summed E-state index contributed by atoms with van der Waals surface area (Å²) in [6.45, 7) is 0. The first-order valence-corrected chi connectivity index (χ1v) is 16.1. The number of primary amides is 1. The molecule has 5 aromatic carbocycles. The Bertz CT molecular complexity index is 2010. The zero-order chi connectivity index (χ0) is 32.5. The maximum absolute atomic E-state index is 13.9. The van der Waals surface area contributed by atoms with Crippen LogP contribution in [0.3, 0.4) is 0 Å². The molecule has 0 fully saturated rings. The van der Waals surface area contributed by atoms with Crippen molar-refractivity contribution in [2.75, 3.05) is 16.4 Å². The molecule has 7 N–H and O–H groups in total. The number of phenols is 1. The summed E-state index contributed by atoms with van der Waals surface area (Å²) in [6.07, 6.45) is 0. The average molecular weight is 643 g/mol. The molecule has 45 heavy (non-hydrogen) atoms. The number of amides is 2. The summed E-state index contributed by atoms with van der Waals surface area (Å²) in [6, 6.07) is 25.7. The van der Waals surface area contributed by atoms with Gasteiger partial charge in [-0.1, -0.05) is 0 Å². The zero-order valence-electron chi connectivity index (χ0n) is 23.4. The van der Waals surface area contributed by atoms with E-state index in [0.29, 0.717) is 11.4 Å². The van der Waals surface area contributed by atoms with Crippen LogP contribution < -0.4 is 22.1 Å². The first-order valence-electron chi connectivity index (χ1n) is 13.2. The molecule has 0 heterocycles. The van der Waals surface area contributed by atoms with Crippen LogP contribution in [-0.4, -0.2) is 33.8 Å². The normalized spacial score (nSPS) is 11.6. The van der Waals surface area contributed by atoms with Crippen molar-refractivity contribution in [3.63, 3.8) is 0 Å². The first kappa shape index (κ1) is 30.8. The second-order valence-electron chi connectivity index (χ2n) is 9.91. The van der Waals surface area contributed by atoms with Gasteiger partial charge in [-0.05, 0) is 115 Å². The van der Waals surface area contributed by atoms with Gasteiger partial charge in [0.2, 0.25) is 25.6 Å². The molecule has 11 nitrogen and oxygen atoms in total. The highest BCUT2D eigenvalue weighted by atomic mass is 32.2. The predicted molar refractivity (Wildman–Crippen MR) is 169 cm³/mol. The van der Waals surface area contributed by atoms with Gasteiger partial charge in [0.15, 0.2) is 0 Å². The molecular weight excluding hydrogens is 617 g/mol. The Labute approximate surface area is 259 Å². The molecule has 13 heteroatoms. The van der Waals surface area contributed by atoms with Crippen LogP contribution in [0.1, 0.15) is 20.7 Å². The van der Waals surface area contributed by atoms with Crippen LogP contribution in [0.15, 0.2) is 135 Å². The largest absolute Gasteiger partial charge is 0.508 e. The number of rotatable bonds is 8. The van der Waals surface area contributed by atoms with Gasteiger partial charge in [-0.3, -0.25) is 14.5 Å². The first-order chi connectivity index (χ1) is 21.3. The molecule has 0 atom stereocenters. The molecule has 228 valence electrons. The molecular formula is C32H26N4O7S2. The van der Waals surface area contributed by atoms with Gasteiger partial charge in [0.1, 0.15) is 5.75 Å². The molecule has 0 aliphatic rings. The molecule has 0 saturated carbocycles. The van der Waals surface area contributed by atoms with Crippen LogP contribution in [0.4, 0.5) is 22.7 Å². The molecule has 0 bridgehead atoms. The summed E-state index contributed by atoms with van der Waals surface area (Å²) >= 11 is 0. The molecule has 0 spiro atoms. The van der Waals surface area contributed by atoms with E-state index in [9.17, 15) is 31.5 Å². The highest BCUT2D eigenvalue weighted by Gasteiger charge is 2.25. The summed E-state index contributed by atoms with van der Waals surface area (Å²) in [5.74, 6) is -1.98. The lowest BCUT2D eigenvalue weighted by molar-refractivity contribution is 0.0998. The SMILES string of the molecule is NC(=O)c1cc(O)cc(C(=O)N(c2ccc(S(=O)(=O)c3ccc(N)cc3)cc2)c2ccc(S(=O)(=O)c3ccc(N)cc3)cc2)c1. The number of nitrogens with two attached hydrogens (primary N) is 3. The van der Waals surface area contributed by atoms with Gasteiger partial charge in [-0.2, -0.15) is 0 Å². The van der Waals surface area contributed by atoms with Gasteiger partial charge in [0.25, 0.3) is 5.91 Å². The molecule has 5 rings (SSSR count). The van der Waals surface area contributed by atoms with E-state index in [1.165, 1.54) is 108 Å². The van der Waals surface area contributed by atoms with Crippen molar-refractivity contribution >= 4 is 54.2 Å². The van der Waals surface area contributed by atoms with Crippen LogP contribution in [-0.2, 0) is 19.7 Å². The van der Waals surface area contributed by atoms with E-state index in [4.69, 9.17) is 17.2 Å². The van der Waals surface area contributed by atoms with Gasteiger partial charge >= 0.3 is 0 Å². The fourth-order valence-electron chi connectivity index (χ4n) is 4.50. The van der Waals surface area contributed by atoms with Crippen molar-refractivity contribution in [2.45, 2.75) is 19.6 Å². The molecule has 2 amide bonds. The number of sulfone groups is 2. The fourth-order valence-corrected chi connectivity index (χ4v) is 7.03. The molecule has 0 aliphatic carbocycles. The Morgan fingerprint density at radius 2 is 0.867 bits per heavy atom. The minimum absolute atomic E-state index is 0.0222. The molecule has 0 radical (unpaired) electrons. The van der Waals surface area contributed by atoms with E-state index in [-0.39, 0.29) is 47.8 Å². The average Bonchev–Trinajstić information content (AvgIpc) is 3.02. The standard InChI is InChI=1S/C32H26N4O7S2/c33-22-1-9-27(10-2-22)44(40,41)29-13-5-24(6-14-29)36(32(39)21-17-20(31(35)38)18-26(37)19-21)25-7-15-30(16-8-25)45(42,43)28-11-3-23(34)4-12-28/h1-19,37H,33-34H2,(H2,35,38). The van der Waals surface area contributed by atoms with Crippen LogP contribution in [0, 0.1) is 0 Å². The second-order valence-corrected chi connectivity index (χ2v) is 13.8. The smallest absolute Gasteiger partial charge is 0.262 e. The summed E-state index contributed by atoms with van der Waals surface area (Å²) in [7, 11) is -7.85. The number of nitrogen functional groups attached to an aromatic ring is 2. The quantitative estimate of drug-likeness (QED) is 0.178. The predicted octanol–water partition coefficient (Wildman–Crippen LogP) is 4.30. The van der Waals surface area contributed by atoms with Gasteiger partial charge in [-0.25, -0.2) is 16.8 Å². The number of carbonyl (C=O) groups is 2. The van der Waals surface area contributed by atoms with Crippen molar-refractivity contribution in [3.8, 4) is 5.75 Å². The van der Waals surface area contributed by atoms with Crippen LogP contribution in [0.2, 0.25) is 0 Å². The zero-order valence-corrected chi connectivity index (χ0v) is 25.0. The van der Waals surface area contributed by atoms with Crippen LogP contribution in [0.5, 0.6) is 5.75 Å². The van der Waals surface area contributed by atoms with Gasteiger partial charge in [0.05, 0.1) is 19.6 Å². The van der Waals surface area contributed by atoms with E-state index in [1.54, 1.807) is 0 Å². The Morgan fingerprint density at radius 1 is 0.533 bits per heavy atom. The van der Waals surface area contributed by atoms with E-state index in [0.717, 1.165) is 12.1 Å². The van der Waals surface area contributed by atoms with Crippen molar-refractivity contribution in [1.82, 2.24) is 0 Å². The number of aromatic hydroxyl groups is 1. The Kier molecular flexibility index (Phi) is 8.06. The fraction of sp³-hybridized carbons (Fsp3) is 0. The highest BCUT2D eigenvalue weighted by Crippen LogP contribution is 2.33. The Morgan fingerprint density at radius 3 is 1.22 bits per heavy atom. The van der Waals surface area contributed by atoms with Crippen molar-refractivity contribution in [3.05, 3.63) is 126 Å². The van der Waals surface area contributed by atoms with Crippen LogP contribution in [0.25, 0.3) is 0 Å². The summed E-state index contributed by atoms with van der Waals surface area (Å²) < 4.78 is 52.8. The monoisotopic (exact) mass is 642 g/mol. The molecule has 0 aromatic heterocycles. The van der Waals surface area contributed by atoms with Gasteiger partial charge < -0.3 is 22.3 Å². The van der Waals surface area contributed by atoms with Crippen molar-refractivity contribution in [2.24, 2.45) is 5.73 Å². The van der Waals surface area contributed by atoms with Crippen molar-refractivity contribution in [1.29, 1.82) is 0 Å². The molecule has 0 saturated heterocycles. The van der Waals surface area contributed by atoms with Gasteiger partial charge in [-0.15, -0.1) is 0 Å².